The van der Waals surface area contributed by atoms with Gasteiger partial charge < -0.3 is 23.9 Å². The van der Waals surface area contributed by atoms with Crippen LogP contribution in [0.2, 0.25) is 0 Å². The molecule has 0 fully saturated rings. The lowest BCUT2D eigenvalue weighted by Crippen LogP contribution is -2.40. The number of nitrogens with one attached hydrogen (secondary N) is 1. The summed E-state index contributed by atoms with van der Waals surface area (Å²) in [6.07, 6.45) is 1.71. The van der Waals surface area contributed by atoms with Gasteiger partial charge in [-0.1, -0.05) is 25.1 Å². The van der Waals surface area contributed by atoms with E-state index in [2.05, 4.69) is 5.32 Å². The number of hydrogen-bond donors (Lipinski definition) is 1. The normalized spacial score (nSPS) is 12.0. The molecule has 0 spiro atoms. The predicted molar refractivity (Wildman–Crippen MR) is 120 cm³/mol. The van der Waals surface area contributed by atoms with Gasteiger partial charge in [0.2, 0.25) is 0 Å². The van der Waals surface area contributed by atoms with Crippen molar-refractivity contribution >= 4 is 21.8 Å². The van der Waals surface area contributed by atoms with Crippen LogP contribution in [0.5, 0.6) is 17.2 Å². The van der Waals surface area contributed by atoms with Crippen molar-refractivity contribution in [2.45, 2.75) is 39.8 Å². The lowest BCUT2D eigenvalue weighted by molar-refractivity contribution is 0.186. The molecular weight excluding hydrogens is 420 g/mol. The third-order valence-electron chi connectivity index (χ3n) is 4.63. The molecule has 0 aliphatic heterocycles. The first-order chi connectivity index (χ1) is 14.7. The first kappa shape index (κ1) is 24.3. The summed E-state index contributed by atoms with van der Waals surface area (Å²) in [6, 6.07) is 11.8. The smallest absolute Gasteiger partial charge is 0.322 e. The summed E-state index contributed by atoms with van der Waals surface area (Å²) in [5.74, 6) is 0.962. The number of benzene rings is 2. The van der Waals surface area contributed by atoms with Gasteiger partial charge in [0.05, 0.1) is 25.7 Å². The van der Waals surface area contributed by atoms with Gasteiger partial charge in [0.1, 0.15) is 5.75 Å². The first-order valence-electron chi connectivity index (χ1n) is 10.0. The molecule has 0 heterocycles. The van der Waals surface area contributed by atoms with Crippen LogP contribution in [0.3, 0.4) is 0 Å². The van der Waals surface area contributed by atoms with E-state index in [0.717, 1.165) is 12.7 Å². The molecule has 2 rings (SSSR count). The van der Waals surface area contributed by atoms with Crippen LogP contribution in [0.15, 0.2) is 42.5 Å². The molecule has 2 amide bonds. The van der Waals surface area contributed by atoms with E-state index in [0.29, 0.717) is 29.4 Å². The van der Waals surface area contributed by atoms with Gasteiger partial charge in [0.25, 0.3) is 0 Å². The highest BCUT2D eigenvalue weighted by Crippen LogP contribution is 2.30. The number of rotatable bonds is 10. The number of amides is 2. The molecule has 1 unspecified atom stereocenters. The average Bonchev–Trinajstić information content (AvgIpc) is 2.72. The summed E-state index contributed by atoms with van der Waals surface area (Å²) in [5, 5.41) is 2.92. The third-order valence-corrected chi connectivity index (χ3v) is 5.12. The van der Waals surface area contributed by atoms with Crippen LogP contribution in [0.25, 0.3) is 0 Å². The maximum absolute atomic E-state index is 13.1. The Bertz CT molecular complexity index is 993. The Labute approximate surface area is 184 Å². The average molecular weight is 451 g/mol. The Morgan fingerprint density at radius 3 is 2.42 bits per heavy atom. The topological polar surface area (TPSA) is 94.2 Å². The molecule has 1 N–H and O–H groups in total. The number of ether oxygens (including phenoxy) is 2. The van der Waals surface area contributed by atoms with E-state index in [4.69, 9.17) is 13.7 Å². The van der Waals surface area contributed by atoms with Crippen molar-refractivity contribution in [2.75, 3.05) is 25.3 Å². The Hall–Kier alpha value is -2.94. The Kier molecular flexibility index (Phi) is 8.56. The van der Waals surface area contributed by atoms with Crippen molar-refractivity contribution in [1.29, 1.82) is 0 Å². The fourth-order valence-electron chi connectivity index (χ4n) is 2.93. The van der Waals surface area contributed by atoms with E-state index in [9.17, 15) is 13.2 Å². The van der Waals surface area contributed by atoms with Crippen molar-refractivity contribution in [3.63, 3.8) is 0 Å². The summed E-state index contributed by atoms with van der Waals surface area (Å²) in [6.45, 7) is 6.55. The maximum atomic E-state index is 13.1. The van der Waals surface area contributed by atoms with E-state index in [1.54, 1.807) is 35.2 Å². The molecule has 2 aromatic rings. The zero-order chi connectivity index (χ0) is 23.0. The Balaban J connectivity index is 2.29. The van der Waals surface area contributed by atoms with E-state index >= 15 is 0 Å². The number of urea groups is 1. The highest BCUT2D eigenvalue weighted by atomic mass is 32.2. The van der Waals surface area contributed by atoms with Crippen LogP contribution in [0, 0.1) is 0 Å². The molecule has 0 radical (unpaired) electrons. The molecular formula is C22H30N2O6S. The quantitative estimate of drug-likeness (QED) is 0.544. The summed E-state index contributed by atoms with van der Waals surface area (Å²) >= 11 is 0. The van der Waals surface area contributed by atoms with Gasteiger partial charge in [0.15, 0.2) is 11.5 Å². The van der Waals surface area contributed by atoms with E-state index < -0.39 is 10.1 Å². The van der Waals surface area contributed by atoms with Crippen LogP contribution in [0.1, 0.15) is 32.8 Å². The minimum Gasteiger partial charge on any atom is -0.493 e. The van der Waals surface area contributed by atoms with Crippen LogP contribution in [-0.4, -0.2) is 45.4 Å². The lowest BCUT2D eigenvalue weighted by Gasteiger charge is -2.29. The van der Waals surface area contributed by atoms with Gasteiger partial charge in [-0.25, -0.2) is 4.79 Å². The number of carbonyl (C=O) groups excluding carboxylic acids is 1. The first-order valence-corrected chi connectivity index (χ1v) is 11.9. The molecule has 0 aromatic heterocycles. The fraction of sp³-hybridized carbons (Fsp3) is 0.409. The van der Waals surface area contributed by atoms with Crippen LogP contribution in [0.4, 0.5) is 10.5 Å². The van der Waals surface area contributed by atoms with Crippen molar-refractivity contribution in [3.05, 3.63) is 48.0 Å². The summed E-state index contributed by atoms with van der Waals surface area (Å²) < 4.78 is 39.0. The Morgan fingerprint density at radius 1 is 1.10 bits per heavy atom. The van der Waals surface area contributed by atoms with Gasteiger partial charge in [-0.3, -0.25) is 0 Å². The highest BCUT2D eigenvalue weighted by molar-refractivity contribution is 7.86. The molecule has 2 aromatic carbocycles. The molecule has 9 heteroatoms. The second kappa shape index (κ2) is 10.9. The summed E-state index contributed by atoms with van der Waals surface area (Å²) in [7, 11) is -2.30. The molecule has 0 saturated heterocycles. The number of methoxy groups -OCH3 is 1. The predicted octanol–water partition coefficient (Wildman–Crippen LogP) is 4.26. The number of carbonyl (C=O) groups is 1. The monoisotopic (exact) mass is 450 g/mol. The molecule has 170 valence electrons. The fourth-order valence-corrected chi connectivity index (χ4v) is 3.39. The zero-order valence-corrected chi connectivity index (χ0v) is 19.4. The Morgan fingerprint density at radius 2 is 1.81 bits per heavy atom. The van der Waals surface area contributed by atoms with Crippen molar-refractivity contribution in [2.24, 2.45) is 0 Å². The molecule has 0 aliphatic rings. The van der Waals surface area contributed by atoms with Gasteiger partial charge >= 0.3 is 16.1 Å². The van der Waals surface area contributed by atoms with Crippen molar-refractivity contribution in [1.82, 2.24) is 4.90 Å². The lowest BCUT2D eigenvalue weighted by atomic mass is 10.1. The van der Waals surface area contributed by atoms with Gasteiger partial charge in [0, 0.05) is 12.6 Å². The van der Waals surface area contributed by atoms with Crippen LogP contribution >= 0.6 is 0 Å². The number of nitrogens with zero attached hydrogens (tertiary/aromatic N) is 1. The summed E-state index contributed by atoms with van der Waals surface area (Å²) in [5.41, 5.74) is 1.28. The summed E-state index contributed by atoms with van der Waals surface area (Å²) in [4.78, 5) is 14.8. The van der Waals surface area contributed by atoms with Crippen LogP contribution in [-0.2, 0) is 16.7 Å². The van der Waals surface area contributed by atoms with Gasteiger partial charge in [-0.15, -0.1) is 0 Å². The third kappa shape index (κ3) is 7.06. The van der Waals surface area contributed by atoms with E-state index in [1.807, 2.05) is 32.9 Å². The minimum absolute atomic E-state index is 0.0689. The number of hydrogen-bond acceptors (Lipinski definition) is 6. The molecule has 0 bridgehead atoms. The number of para-hydroxylation sites is 2. The van der Waals surface area contributed by atoms with Crippen LogP contribution < -0.4 is 19.0 Å². The van der Waals surface area contributed by atoms with Crippen molar-refractivity contribution in [3.8, 4) is 17.2 Å². The molecule has 1 atom stereocenters. The standard InChI is InChI=1S/C22H30N2O6S/c1-6-16(3)24(22(25)23-18-10-8-9-11-19(18)29-7-2)15-17-12-13-20(28-4)21(14-17)30-31(5,26)27/h8-14,16H,6-7,15H2,1-5H3,(H,23,25). The molecule has 0 aliphatic carbocycles. The zero-order valence-electron chi connectivity index (χ0n) is 18.5. The molecule has 8 nitrogen and oxygen atoms in total. The highest BCUT2D eigenvalue weighted by Gasteiger charge is 2.22. The van der Waals surface area contributed by atoms with Gasteiger partial charge in [-0.2, -0.15) is 8.42 Å². The molecule has 0 saturated carbocycles. The second-order valence-electron chi connectivity index (χ2n) is 7.02. The van der Waals surface area contributed by atoms with Gasteiger partial charge in [-0.05, 0) is 50.1 Å². The van der Waals surface area contributed by atoms with E-state index in [1.165, 1.54) is 7.11 Å². The van der Waals surface area contributed by atoms with E-state index in [-0.39, 0.29) is 24.4 Å². The second-order valence-corrected chi connectivity index (χ2v) is 8.59. The largest absolute Gasteiger partial charge is 0.493 e. The SMILES string of the molecule is CCOc1ccccc1NC(=O)N(Cc1ccc(OC)c(OS(C)(=O)=O)c1)C(C)CC. The minimum atomic E-state index is -3.73. The molecule has 31 heavy (non-hydrogen) atoms. The van der Waals surface area contributed by atoms with Crippen molar-refractivity contribution < 1.29 is 26.9 Å². The maximum Gasteiger partial charge on any atom is 0.322 e. The number of anilines is 1.